The van der Waals surface area contributed by atoms with Crippen molar-refractivity contribution in [2.24, 2.45) is 7.05 Å². The number of fused-ring (bicyclic) bond motifs is 1. The summed E-state index contributed by atoms with van der Waals surface area (Å²) in [6.07, 6.45) is 7.52. The van der Waals surface area contributed by atoms with Crippen LogP contribution in [0.5, 0.6) is 0 Å². The molecule has 3 rings (SSSR count). The van der Waals surface area contributed by atoms with Crippen molar-refractivity contribution in [1.29, 1.82) is 0 Å². The molecule has 2 heterocycles. The fraction of sp³-hybridized carbons (Fsp3) is 0.294. The van der Waals surface area contributed by atoms with E-state index < -0.39 is 0 Å². The molecule has 6 heteroatoms. The number of nitrogens with one attached hydrogen (secondary N) is 3. The Kier molecular flexibility index (Phi) is 4.61. The zero-order valence-corrected chi connectivity index (χ0v) is 13.2. The Morgan fingerprint density at radius 2 is 2.17 bits per heavy atom. The van der Waals surface area contributed by atoms with Crippen molar-refractivity contribution in [1.82, 2.24) is 25.4 Å². The van der Waals surface area contributed by atoms with Gasteiger partial charge in [0.15, 0.2) is 0 Å². The maximum Gasteiger partial charge on any atom is 0.315 e. The molecular formula is C17H21N5O. The summed E-state index contributed by atoms with van der Waals surface area (Å²) in [4.78, 5) is 15.0. The first kappa shape index (κ1) is 15.1. The summed E-state index contributed by atoms with van der Waals surface area (Å²) in [7, 11) is 1.86. The number of carbonyl (C=O) groups excluding carboxylic acids is 1. The molecule has 3 N–H and O–H groups in total. The van der Waals surface area contributed by atoms with E-state index in [4.69, 9.17) is 0 Å². The summed E-state index contributed by atoms with van der Waals surface area (Å²) in [5, 5.41) is 11.0. The van der Waals surface area contributed by atoms with E-state index in [0.717, 1.165) is 23.9 Å². The number of amides is 2. The van der Waals surface area contributed by atoms with E-state index in [9.17, 15) is 4.79 Å². The third-order valence-electron chi connectivity index (χ3n) is 3.79. The van der Waals surface area contributed by atoms with Crippen molar-refractivity contribution in [3.63, 3.8) is 0 Å². The summed E-state index contributed by atoms with van der Waals surface area (Å²) in [5.41, 5.74) is 3.43. The summed E-state index contributed by atoms with van der Waals surface area (Å²) < 4.78 is 1.72. The summed E-state index contributed by atoms with van der Waals surface area (Å²) >= 11 is 0. The first-order valence-corrected chi connectivity index (χ1v) is 7.76. The van der Waals surface area contributed by atoms with E-state index >= 15 is 0 Å². The largest absolute Gasteiger partial charge is 0.361 e. The van der Waals surface area contributed by atoms with Gasteiger partial charge in [-0.3, -0.25) is 4.68 Å². The van der Waals surface area contributed by atoms with Gasteiger partial charge in [-0.05, 0) is 24.5 Å². The number of para-hydroxylation sites is 1. The summed E-state index contributed by atoms with van der Waals surface area (Å²) in [6.45, 7) is 1.14. The predicted molar refractivity (Wildman–Crippen MR) is 90.1 cm³/mol. The zero-order chi connectivity index (χ0) is 16.1. The Morgan fingerprint density at radius 1 is 1.30 bits per heavy atom. The molecule has 3 aromatic rings. The van der Waals surface area contributed by atoms with E-state index in [1.807, 2.05) is 31.6 Å². The van der Waals surface area contributed by atoms with Crippen molar-refractivity contribution < 1.29 is 4.79 Å². The first-order chi connectivity index (χ1) is 11.2. The minimum absolute atomic E-state index is 0.146. The van der Waals surface area contributed by atoms with Gasteiger partial charge >= 0.3 is 6.03 Å². The fourth-order valence-electron chi connectivity index (χ4n) is 2.63. The second-order valence-corrected chi connectivity index (χ2v) is 5.59. The lowest BCUT2D eigenvalue weighted by Crippen LogP contribution is -2.35. The molecule has 0 spiro atoms. The minimum Gasteiger partial charge on any atom is -0.361 e. The topological polar surface area (TPSA) is 74.7 Å². The van der Waals surface area contributed by atoms with Crippen molar-refractivity contribution >= 4 is 16.9 Å². The summed E-state index contributed by atoms with van der Waals surface area (Å²) in [6, 6.07) is 8.12. The van der Waals surface area contributed by atoms with Gasteiger partial charge < -0.3 is 15.6 Å². The molecule has 0 saturated heterocycles. The SMILES string of the molecule is Cn1cc(CNC(=O)NCCCc2c[nH]c3ccccc23)cn1. The first-order valence-electron chi connectivity index (χ1n) is 7.76. The van der Waals surface area contributed by atoms with Crippen molar-refractivity contribution in [3.05, 3.63) is 54.0 Å². The number of urea groups is 1. The average Bonchev–Trinajstić information content (AvgIpc) is 3.16. The quantitative estimate of drug-likeness (QED) is 0.611. The Hall–Kier alpha value is -2.76. The third kappa shape index (κ3) is 3.91. The minimum atomic E-state index is -0.146. The lowest BCUT2D eigenvalue weighted by Gasteiger charge is -2.06. The molecular weight excluding hydrogens is 290 g/mol. The smallest absolute Gasteiger partial charge is 0.315 e. The lowest BCUT2D eigenvalue weighted by atomic mass is 10.1. The zero-order valence-electron chi connectivity index (χ0n) is 13.2. The molecule has 6 nitrogen and oxygen atoms in total. The molecule has 0 atom stereocenters. The number of nitrogens with zero attached hydrogens (tertiary/aromatic N) is 2. The number of carbonyl (C=O) groups is 1. The highest BCUT2D eigenvalue weighted by Gasteiger charge is 2.04. The van der Waals surface area contributed by atoms with Gasteiger partial charge in [-0.15, -0.1) is 0 Å². The number of H-pyrrole nitrogens is 1. The molecule has 0 aliphatic rings. The molecule has 0 aliphatic heterocycles. The van der Waals surface area contributed by atoms with Gasteiger partial charge in [-0.2, -0.15) is 5.10 Å². The van der Waals surface area contributed by atoms with Crippen LogP contribution >= 0.6 is 0 Å². The molecule has 0 fully saturated rings. The second kappa shape index (κ2) is 7.00. The van der Waals surface area contributed by atoms with E-state index in [1.54, 1.807) is 10.9 Å². The van der Waals surface area contributed by atoms with Crippen LogP contribution in [0, 0.1) is 0 Å². The van der Waals surface area contributed by atoms with Crippen LogP contribution in [0.3, 0.4) is 0 Å². The maximum atomic E-state index is 11.7. The van der Waals surface area contributed by atoms with Gasteiger partial charge in [0.1, 0.15) is 0 Å². The van der Waals surface area contributed by atoms with Gasteiger partial charge in [0.25, 0.3) is 0 Å². The van der Waals surface area contributed by atoms with E-state index in [1.165, 1.54) is 10.9 Å². The molecule has 2 aromatic heterocycles. The van der Waals surface area contributed by atoms with Crippen LogP contribution in [0.25, 0.3) is 10.9 Å². The monoisotopic (exact) mass is 311 g/mol. The van der Waals surface area contributed by atoms with Gasteiger partial charge in [-0.1, -0.05) is 18.2 Å². The second-order valence-electron chi connectivity index (χ2n) is 5.59. The number of hydrogen-bond acceptors (Lipinski definition) is 2. The average molecular weight is 311 g/mol. The predicted octanol–water partition coefficient (Wildman–Crippen LogP) is 2.33. The normalized spacial score (nSPS) is 10.8. The van der Waals surface area contributed by atoms with Crippen LogP contribution < -0.4 is 10.6 Å². The molecule has 0 saturated carbocycles. The Labute approximate surface area is 134 Å². The molecule has 1 aromatic carbocycles. The van der Waals surface area contributed by atoms with E-state index in [2.05, 4.69) is 32.8 Å². The van der Waals surface area contributed by atoms with Crippen molar-refractivity contribution in [3.8, 4) is 0 Å². The van der Waals surface area contributed by atoms with Crippen molar-refractivity contribution in [2.45, 2.75) is 19.4 Å². The molecule has 23 heavy (non-hydrogen) atoms. The van der Waals surface area contributed by atoms with Crippen LogP contribution in [0.2, 0.25) is 0 Å². The van der Waals surface area contributed by atoms with Crippen LogP contribution in [0.1, 0.15) is 17.5 Å². The van der Waals surface area contributed by atoms with Crippen molar-refractivity contribution in [2.75, 3.05) is 6.54 Å². The number of rotatable bonds is 6. The Morgan fingerprint density at radius 3 is 3.00 bits per heavy atom. The number of aryl methyl sites for hydroxylation is 2. The highest BCUT2D eigenvalue weighted by molar-refractivity contribution is 5.83. The van der Waals surface area contributed by atoms with Gasteiger partial charge in [0, 0.05) is 49.0 Å². The van der Waals surface area contributed by atoms with Gasteiger partial charge in [0.05, 0.1) is 6.20 Å². The van der Waals surface area contributed by atoms with Crippen LogP contribution in [0.4, 0.5) is 4.79 Å². The number of hydrogen-bond donors (Lipinski definition) is 3. The molecule has 0 unspecified atom stereocenters. The van der Waals surface area contributed by atoms with Crippen LogP contribution in [0.15, 0.2) is 42.9 Å². The number of aromatic nitrogens is 3. The summed E-state index contributed by atoms with van der Waals surface area (Å²) in [5.74, 6) is 0. The Balaban J connectivity index is 1.38. The standard InChI is InChI=1S/C17H21N5O/c1-22-12-13(10-21-22)9-20-17(23)18-8-4-5-14-11-19-16-7-3-2-6-15(14)16/h2-3,6-7,10-12,19H,4-5,8-9H2,1H3,(H2,18,20,23). The molecule has 120 valence electrons. The molecule has 0 radical (unpaired) electrons. The fourth-order valence-corrected chi connectivity index (χ4v) is 2.63. The van der Waals surface area contributed by atoms with Gasteiger partial charge in [-0.25, -0.2) is 4.79 Å². The van der Waals surface area contributed by atoms with Crippen LogP contribution in [-0.2, 0) is 20.0 Å². The maximum absolute atomic E-state index is 11.7. The number of aromatic amines is 1. The van der Waals surface area contributed by atoms with E-state index in [0.29, 0.717) is 13.1 Å². The van der Waals surface area contributed by atoms with Crippen LogP contribution in [-0.4, -0.2) is 27.3 Å². The highest BCUT2D eigenvalue weighted by Crippen LogP contribution is 2.18. The van der Waals surface area contributed by atoms with Gasteiger partial charge in [0.2, 0.25) is 0 Å². The highest BCUT2D eigenvalue weighted by atomic mass is 16.2. The Bertz CT molecular complexity index is 789. The lowest BCUT2D eigenvalue weighted by molar-refractivity contribution is 0.240. The van der Waals surface area contributed by atoms with E-state index in [-0.39, 0.29) is 6.03 Å². The third-order valence-corrected chi connectivity index (χ3v) is 3.79. The molecule has 2 amide bonds. The molecule has 0 bridgehead atoms. The number of benzene rings is 1. The molecule has 0 aliphatic carbocycles.